The molecule has 0 fully saturated rings. The normalized spacial score (nSPS) is 13.3. The maximum Gasteiger partial charge on any atom is 0.246 e. The van der Waals surface area contributed by atoms with Gasteiger partial charge in [-0.15, -0.1) is 0 Å². The molecule has 1 unspecified atom stereocenters. The molecule has 7 heteroatoms. The van der Waals surface area contributed by atoms with Gasteiger partial charge in [-0.3, -0.25) is 4.68 Å². The number of nitrogens with zero attached hydrogens (tertiary/aromatic N) is 2. The zero-order valence-corrected chi connectivity index (χ0v) is 15.2. The van der Waals surface area contributed by atoms with E-state index in [1.165, 1.54) is 4.68 Å². The molecule has 0 aliphatic carbocycles. The summed E-state index contributed by atoms with van der Waals surface area (Å²) in [6, 6.07) is 13.5. The fourth-order valence-electron chi connectivity index (χ4n) is 2.75. The Labute approximate surface area is 146 Å². The molecule has 126 valence electrons. The van der Waals surface area contributed by atoms with Gasteiger partial charge in [-0.25, -0.2) is 13.1 Å². The number of hydrogen-bond acceptors (Lipinski definition) is 3. The van der Waals surface area contributed by atoms with Crippen LogP contribution in [0.5, 0.6) is 0 Å². The van der Waals surface area contributed by atoms with E-state index in [9.17, 15) is 8.42 Å². The Kier molecular flexibility index (Phi) is 4.38. The number of aryl methyl sites for hydroxylation is 2. The summed E-state index contributed by atoms with van der Waals surface area (Å²) in [5.41, 5.74) is 1.26. The second kappa shape index (κ2) is 6.20. The van der Waals surface area contributed by atoms with Gasteiger partial charge in [-0.2, -0.15) is 5.10 Å². The fraction of sp³-hybridized carbons (Fsp3) is 0.235. The Balaban J connectivity index is 1.93. The van der Waals surface area contributed by atoms with E-state index < -0.39 is 16.1 Å². The smallest absolute Gasteiger partial charge is 0.246 e. The molecule has 2 aromatic carbocycles. The monoisotopic (exact) mass is 363 g/mol. The zero-order chi connectivity index (χ0) is 17.5. The lowest BCUT2D eigenvalue weighted by atomic mass is 10.0. The van der Waals surface area contributed by atoms with Crippen molar-refractivity contribution in [3.05, 3.63) is 58.9 Å². The molecule has 0 spiro atoms. The molecule has 1 heterocycles. The highest BCUT2D eigenvalue weighted by Gasteiger charge is 2.27. The van der Waals surface area contributed by atoms with Crippen LogP contribution in [0.3, 0.4) is 0 Å². The van der Waals surface area contributed by atoms with Gasteiger partial charge in [0.25, 0.3) is 0 Å². The highest BCUT2D eigenvalue weighted by molar-refractivity contribution is 7.89. The Morgan fingerprint density at radius 2 is 1.83 bits per heavy atom. The lowest BCUT2D eigenvalue weighted by molar-refractivity contribution is 0.566. The minimum absolute atomic E-state index is 0.0271. The number of nitrogens with one attached hydrogen (secondary N) is 1. The van der Waals surface area contributed by atoms with E-state index in [0.717, 1.165) is 16.3 Å². The largest absolute Gasteiger partial charge is 0.255 e. The number of fused-ring (bicyclic) bond motifs is 1. The fourth-order valence-corrected chi connectivity index (χ4v) is 4.73. The first kappa shape index (κ1) is 17.0. The van der Waals surface area contributed by atoms with Gasteiger partial charge in [0.1, 0.15) is 10.0 Å². The van der Waals surface area contributed by atoms with Crippen molar-refractivity contribution >= 4 is 32.4 Å². The lowest BCUT2D eigenvalue weighted by Gasteiger charge is -2.15. The molecular weight excluding hydrogens is 346 g/mol. The molecule has 0 radical (unpaired) electrons. The molecule has 0 amide bonds. The third kappa shape index (κ3) is 3.05. The van der Waals surface area contributed by atoms with Crippen molar-refractivity contribution < 1.29 is 8.42 Å². The van der Waals surface area contributed by atoms with E-state index in [-0.39, 0.29) is 10.0 Å². The molecule has 24 heavy (non-hydrogen) atoms. The van der Waals surface area contributed by atoms with Gasteiger partial charge in [0, 0.05) is 13.1 Å². The van der Waals surface area contributed by atoms with Crippen LogP contribution in [0, 0.1) is 6.92 Å². The number of sulfonamides is 1. The Bertz CT molecular complexity index is 1010. The summed E-state index contributed by atoms with van der Waals surface area (Å²) in [5, 5.41) is 6.35. The average Bonchev–Trinajstić information content (AvgIpc) is 2.79. The summed E-state index contributed by atoms with van der Waals surface area (Å²) in [7, 11) is -2.15. The summed E-state index contributed by atoms with van der Waals surface area (Å²) in [6.45, 7) is 3.43. The zero-order valence-electron chi connectivity index (χ0n) is 13.6. The van der Waals surface area contributed by atoms with Gasteiger partial charge in [0.05, 0.1) is 5.69 Å². The first-order valence-corrected chi connectivity index (χ1v) is 9.36. The summed E-state index contributed by atoms with van der Waals surface area (Å²) >= 11 is 6.09. The molecule has 1 aromatic heterocycles. The van der Waals surface area contributed by atoms with Crippen molar-refractivity contribution in [2.75, 3.05) is 0 Å². The molecule has 0 bridgehead atoms. The van der Waals surface area contributed by atoms with Crippen LogP contribution in [0.2, 0.25) is 5.15 Å². The van der Waals surface area contributed by atoms with Crippen molar-refractivity contribution in [3.8, 4) is 0 Å². The predicted octanol–water partition coefficient (Wildman–Crippen LogP) is 3.57. The number of aromatic nitrogens is 2. The summed E-state index contributed by atoms with van der Waals surface area (Å²) in [6.07, 6.45) is 0. The average molecular weight is 364 g/mol. The van der Waals surface area contributed by atoms with E-state index in [2.05, 4.69) is 9.82 Å². The van der Waals surface area contributed by atoms with Crippen LogP contribution >= 0.6 is 11.6 Å². The summed E-state index contributed by atoms with van der Waals surface area (Å²) < 4.78 is 29.4. The first-order chi connectivity index (χ1) is 11.3. The predicted molar refractivity (Wildman–Crippen MR) is 95.6 cm³/mol. The number of rotatable bonds is 4. The van der Waals surface area contributed by atoms with E-state index in [4.69, 9.17) is 11.6 Å². The Morgan fingerprint density at radius 3 is 2.46 bits per heavy atom. The topological polar surface area (TPSA) is 64.0 Å². The number of halogens is 1. The highest BCUT2D eigenvalue weighted by atomic mass is 35.5. The van der Waals surface area contributed by atoms with Gasteiger partial charge in [0.15, 0.2) is 0 Å². The van der Waals surface area contributed by atoms with E-state index in [1.54, 1.807) is 20.9 Å². The van der Waals surface area contributed by atoms with Crippen LogP contribution in [0.25, 0.3) is 10.8 Å². The van der Waals surface area contributed by atoms with E-state index in [1.807, 2.05) is 42.5 Å². The van der Waals surface area contributed by atoms with Gasteiger partial charge in [0.2, 0.25) is 10.0 Å². The maximum absolute atomic E-state index is 12.7. The van der Waals surface area contributed by atoms with Crippen molar-refractivity contribution in [3.63, 3.8) is 0 Å². The lowest BCUT2D eigenvalue weighted by Crippen LogP contribution is -2.27. The molecule has 1 N–H and O–H groups in total. The quantitative estimate of drug-likeness (QED) is 0.770. The third-order valence-corrected chi connectivity index (χ3v) is 6.21. The number of hydrogen-bond donors (Lipinski definition) is 1. The van der Waals surface area contributed by atoms with Gasteiger partial charge in [-0.1, -0.05) is 48.0 Å². The van der Waals surface area contributed by atoms with Crippen LogP contribution in [-0.4, -0.2) is 18.2 Å². The molecule has 3 rings (SSSR count). The molecule has 1 atom stereocenters. The van der Waals surface area contributed by atoms with Crippen LogP contribution in [-0.2, 0) is 17.1 Å². The number of benzene rings is 2. The molecule has 0 aliphatic heterocycles. The van der Waals surface area contributed by atoms with Crippen molar-refractivity contribution in [1.29, 1.82) is 0 Å². The minimum atomic E-state index is -3.77. The molecule has 3 aromatic rings. The van der Waals surface area contributed by atoms with Crippen LogP contribution in [0.15, 0.2) is 47.4 Å². The molecule has 0 saturated heterocycles. The van der Waals surface area contributed by atoms with Crippen LogP contribution in [0.4, 0.5) is 0 Å². The molecule has 5 nitrogen and oxygen atoms in total. The molecule has 0 aliphatic rings. The van der Waals surface area contributed by atoms with Crippen molar-refractivity contribution in [1.82, 2.24) is 14.5 Å². The van der Waals surface area contributed by atoms with Crippen molar-refractivity contribution in [2.24, 2.45) is 7.05 Å². The first-order valence-electron chi connectivity index (χ1n) is 7.50. The summed E-state index contributed by atoms with van der Waals surface area (Å²) in [4.78, 5) is 0.0271. The maximum atomic E-state index is 12.7. The van der Waals surface area contributed by atoms with Crippen LogP contribution < -0.4 is 4.72 Å². The summed E-state index contributed by atoms with van der Waals surface area (Å²) in [5.74, 6) is 0. The van der Waals surface area contributed by atoms with Gasteiger partial charge < -0.3 is 0 Å². The second-order valence-corrected chi connectivity index (χ2v) is 7.79. The van der Waals surface area contributed by atoms with Crippen molar-refractivity contribution in [2.45, 2.75) is 24.8 Å². The molecule has 0 saturated carbocycles. The second-order valence-electron chi connectivity index (χ2n) is 5.78. The Hall–Kier alpha value is -1.89. The highest BCUT2D eigenvalue weighted by Crippen LogP contribution is 2.27. The standard InChI is InChI=1S/C17H18ClN3O2S/c1-11(14-9-8-13-6-4-5-7-15(13)10-14)20-24(22,23)16-12(2)19-21(3)17(16)18/h4-11,20H,1-3H3. The SMILES string of the molecule is Cc1nn(C)c(Cl)c1S(=O)(=O)NC(C)c1ccc2ccccc2c1. The van der Waals surface area contributed by atoms with Gasteiger partial charge >= 0.3 is 0 Å². The van der Waals surface area contributed by atoms with Gasteiger partial charge in [-0.05, 0) is 36.2 Å². The Morgan fingerprint density at radius 1 is 1.17 bits per heavy atom. The molecular formula is C17H18ClN3O2S. The van der Waals surface area contributed by atoms with E-state index >= 15 is 0 Å². The van der Waals surface area contributed by atoms with Crippen LogP contribution in [0.1, 0.15) is 24.2 Å². The minimum Gasteiger partial charge on any atom is -0.255 e. The third-order valence-electron chi connectivity index (χ3n) is 3.97. The van der Waals surface area contributed by atoms with E-state index in [0.29, 0.717) is 5.69 Å².